The number of aryl methyl sites for hydroxylation is 1. The van der Waals surface area contributed by atoms with Crippen molar-refractivity contribution in [1.29, 1.82) is 0 Å². The first-order valence-corrected chi connectivity index (χ1v) is 9.23. The molecular weight excluding hydrogens is 310 g/mol. The maximum atomic E-state index is 4.79. The molecule has 2 heteroatoms. The van der Waals surface area contributed by atoms with Crippen molar-refractivity contribution in [2.24, 2.45) is 4.99 Å². The van der Waals surface area contributed by atoms with Crippen LogP contribution in [-0.2, 0) is 6.42 Å². The molecule has 0 saturated heterocycles. The molecule has 1 aliphatic heterocycles. The Morgan fingerprint density at radius 2 is 1.92 bits per heavy atom. The molecule has 0 radical (unpaired) electrons. The second-order valence-electron chi connectivity index (χ2n) is 6.31. The number of hydrogen-bond acceptors (Lipinski definition) is 2. The van der Waals surface area contributed by atoms with Gasteiger partial charge in [-0.25, -0.2) is 0 Å². The van der Waals surface area contributed by atoms with Crippen molar-refractivity contribution < 1.29 is 0 Å². The Labute approximate surface area is 145 Å². The van der Waals surface area contributed by atoms with Gasteiger partial charge in [-0.05, 0) is 41.2 Å². The summed E-state index contributed by atoms with van der Waals surface area (Å²) in [6, 6.07) is 17.3. The van der Waals surface area contributed by atoms with Gasteiger partial charge in [0.15, 0.2) is 0 Å². The molecule has 116 valence electrons. The van der Waals surface area contributed by atoms with Crippen LogP contribution in [0, 0.1) is 0 Å². The van der Waals surface area contributed by atoms with E-state index in [1.165, 1.54) is 43.6 Å². The van der Waals surface area contributed by atoms with Gasteiger partial charge in [0, 0.05) is 21.2 Å². The summed E-state index contributed by atoms with van der Waals surface area (Å²) in [6.07, 6.45) is 11.2. The van der Waals surface area contributed by atoms with E-state index in [2.05, 4.69) is 66.8 Å². The average molecular weight is 327 g/mol. The zero-order chi connectivity index (χ0) is 15.9. The van der Waals surface area contributed by atoms with Gasteiger partial charge in [-0.3, -0.25) is 4.99 Å². The van der Waals surface area contributed by atoms with Crippen LogP contribution in [0.4, 0.5) is 0 Å². The van der Waals surface area contributed by atoms with Gasteiger partial charge in [-0.2, -0.15) is 0 Å². The molecule has 1 aliphatic carbocycles. The highest BCUT2D eigenvalue weighted by Gasteiger charge is 2.20. The fourth-order valence-corrected chi connectivity index (χ4v) is 4.96. The van der Waals surface area contributed by atoms with Crippen LogP contribution in [0.15, 0.2) is 65.7 Å². The van der Waals surface area contributed by atoms with E-state index in [0.717, 1.165) is 6.42 Å². The topological polar surface area (TPSA) is 12.4 Å². The summed E-state index contributed by atoms with van der Waals surface area (Å²) >= 11 is 1.96. The molecule has 0 N–H and O–H groups in total. The van der Waals surface area contributed by atoms with Crippen molar-refractivity contribution >= 4 is 39.3 Å². The van der Waals surface area contributed by atoms with Crippen LogP contribution in [0.3, 0.4) is 0 Å². The number of benzene rings is 2. The van der Waals surface area contributed by atoms with Crippen LogP contribution in [0.25, 0.3) is 21.7 Å². The Morgan fingerprint density at radius 3 is 2.83 bits per heavy atom. The molecule has 5 rings (SSSR count). The SMILES string of the molecule is C1=Cc2c(sc3c(C4C=C(c5ccccc5)C=N4)cccc23)CC1. The van der Waals surface area contributed by atoms with Gasteiger partial charge in [0.1, 0.15) is 0 Å². The number of nitrogens with zero attached hydrogens (tertiary/aromatic N) is 1. The molecule has 0 amide bonds. The molecular formula is C22H17NS. The van der Waals surface area contributed by atoms with Gasteiger partial charge in [-0.15, -0.1) is 11.3 Å². The van der Waals surface area contributed by atoms with E-state index in [1.54, 1.807) is 0 Å². The molecule has 3 aromatic rings. The highest BCUT2D eigenvalue weighted by molar-refractivity contribution is 7.19. The standard InChI is InChI=1S/C22H17NS/c1-2-7-15(8-3-1)16-13-20(23-14-16)19-11-6-10-18-17-9-4-5-12-21(17)24-22(18)19/h1-4,6-11,13-14,20H,5,12H2. The summed E-state index contributed by atoms with van der Waals surface area (Å²) in [5, 5.41) is 1.39. The maximum absolute atomic E-state index is 4.79. The fourth-order valence-electron chi connectivity index (χ4n) is 3.61. The first-order chi connectivity index (χ1) is 11.9. The van der Waals surface area contributed by atoms with Crippen LogP contribution in [-0.4, -0.2) is 6.21 Å². The summed E-state index contributed by atoms with van der Waals surface area (Å²) < 4.78 is 1.40. The third-order valence-electron chi connectivity index (χ3n) is 4.82. The van der Waals surface area contributed by atoms with Crippen LogP contribution < -0.4 is 0 Å². The normalized spacial score (nSPS) is 18.8. The van der Waals surface area contributed by atoms with Crippen molar-refractivity contribution in [2.75, 3.05) is 0 Å². The summed E-state index contributed by atoms with van der Waals surface area (Å²) in [6.45, 7) is 0. The number of allylic oxidation sites excluding steroid dienone is 2. The van der Waals surface area contributed by atoms with E-state index in [9.17, 15) is 0 Å². The van der Waals surface area contributed by atoms with E-state index in [0.29, 0.717) is 0 Å². The Bertz CT molecular complexity index is 1010. The van der Waals surface area contributed by atoms with Gasteiger partial charge < -0.3 is 0 Å². The van der Waals surface area contributed by atoms with E-state index >= 15 is 0 Å². The van der Waals surface area contributed by atoms with Crippen LogP contribution in [0.2, 0.25) is 0 Å². The summed E-state index contributed by atoms with van der Waals surface area (Å²) in [7, 11) is 0. The third-order valence-corrected chi connectivity index (χ3v) is 6.15. The minimum Gasteiger partial charge on any atom is -0.280 e. The third kappa shape index (κ3) is 2.18. The lowest BCUT2D eigenvalue weighted by molar-refractivity contribution is 0.950. The number of fused-ring (bicyclic) bond motifs is 3. The fraction of sp³-hybridized carbons (Fsp3) is 0.136. The molecule has 2 aliphatic rings. The lowest BCUT2D eigenvalue weighted by Gasteiger charge is -2.07. The van der Waals surface area contributed by atoms with Crippen molar-refractivity contribution in [3.8, 4) is 0 Å². The minimum absolute atomic E-state index is 0.132. The van der Waals surface area contributed by atoms with Gasteiger partial charge >= 0.3 is 0 Å². The first-order valence-electron chi connectivity index (χ1n) is 8.41. The molecule has 1 unspecified atom stereocenters. The predicted octanol–water partition coefficient (Wildman–Crippen LogP) is 6.07. The number of hydrogen-bond donors (Lipinski definition) is 0. The summed E-state index contributed by atoms with van der Waals surface area (Å²) in [5.74, 6) is 0. The van der Waals surface area contributed by atoms with Crippen molar-refractivity contribution in [2.45, 2.75) is 18.9 Å². The zero-order valence-electron chi connectivity index (χ0n) is 13.3. The van der Waals surface area contributed by atoms with Gasteiger partial charge in [-0.1, -0.05) is 60.7 Å². The second-order valence-corrected chi connectivity index (χ2v) is 7.42. The van der Waals surface area contributed by atoms with Gasteiger partial charge in [0.25, 0.3) is 0 Å². The van der Waals surface area contributed by atoms with Crippen molar-refractivity contribution in [3.05, 3.63) is 82.3 Å². The zero-order valence-corrected chi connectivity index (χ0v) is 14.1. The van der Waals surface area contributed by atoms with E-state index in [4.69, 9.17) is 4.99 Å². The summed E-state index contributed by atoms with van der Waals surface area (Å²) in [5.41, 5.74) is 5.22. The molecule has 1 aromatic heterocycles. The molecule has 0 bridgehead atoms. The molecule has 0 spiro atoms. The maximum Gasteiger partial charge on any atom is 0.0953 e. The van der Waals surface area contributed by atoms with Crippen LogP contribution in [0.5, 0.6) is 0 Å². The Kier molecular flexibility index (Phi) is 3.24. The number of thiophene rings is 1. The largest absolute Gasteiger partial charge is 0.280 e. The molecule has 1 atom stereocenters. The number of aliphatic imine (C=N–C) groups is 1. The molecule has 2 heterocycles. The quantitative estimate of drug-likeness (QED) is 0.541. The second kappa shape index (κ2) is 5.57. The summed E-state index contributed by atoms with van der Waals surface area (Å²) in [4.78, 5) is 6.31. The molecule has 0 saturated carbocycles. The van der Waals surface area contributed by atoms with E-state index < -0.39 is 0 Å². The lowest BCUT2D eigenvalue weighted by Crippen LogP contribution is -1.89. The van der Waals surface area contributed by atoms with Crippen molar-refractivity contribution in [1.82, 2.24) is 0 Å². The first kappa shape index (κ1) is 13.9. The van der Waals surface area contributed by atoms with Crippen LogP contribution >= 0.6 is 11.3 Å². The smallest absolute Gasteiger partial charge is 0.0953 e. The minimum atomic E-state index is 0.132. The predicted molar refractivity (Wildman–Crippen MR) is 105 cm³/mol. The monoisotopic (exact) mass is 327 g/mol. The molecule has 0 fully saturated rings. The Balaban J connectivity index is 1.61. The molecule has 1 nitrogen and oxygen atoms in total. The van der Waals surface area contributed by atoms with Gasteiger partial charge in [0.2, 0.25) is 0 Å². The van der Waals surface area contributed by atoms with E-state index in [1.807, 2.05) is 17.6 Å². The van der Waals surface area contributed by atoms with Crippen molar-refractivity contribution in [3.63, 3.8) is 0 Å². The average Bonchev–Trinajstić information content (AvgIpc) is 3.27. The Hall–Kier alpha value is -2.45. The Morgan fingerprint density at radius 1 is 1.00 bits per heavy atom. The number of rotatable bonds is 2. The molecule has 24 heavy (non-hydrogen) atoms. The van der Waals surface area contributed by atoms with Gasteiger partial charge in [0.05, 0.1) is 6.04 Å². The molecule has 2 aromatic carbocycles. The lowest BCUT2D eigenvalue weighted by atomic mass is 9.98. The highest BCUT2D eigenvalue weighted by atomic mass is 32.1. The van der Waals surface area contributed by atoms with E-state index in [-0.39, 0.29) is 6.04 Å². The van der Waals surface area contributed by atoms with Crippen LogP contribution in [0.1, 0.15) is 34.0 Å². The highest BCUT2D eigenvalue weighted by Crippen LogP contribution is 2.41.